The number of carbonyl (C=O) groups excluding carboxylic acids is 3. The molecule has 0 aliphatic carbocycles. The van der Waals surface area contributed by atoms with Crippen molar-refractivity contribution in [2.24, 2.45) is 5.92 Å². The number of hydrogen-bond donors (Lipinski definition) is 1. The van der Waals surface area contributed by atoms with Crippen molar-refractivity contribution < 1.29 is 14.4 Å². The number of nitrogens with zero attached hydrogens (tertiary/aromatic N) is 1. The van der Waals surface area contributed by atoms with Crippen LogP contribution in [-0.4, -0.2) is 34.7 Å². The SMILES string of the molecule is CC(C)CCC(C)NC(=O)[C@H](C)N1C(=O)c2cc(Cl)c(Cl)cc2C1=O. The lowest BCUT2D eigenvalue weighted by atomic mass is 10.0. The van der Waals surface area contributed by atoms with Gasteiger partial charge in [-0.2, -0.15) is 0 Å². The molecular formula is C18H22Cl2N2O3. The third kappa shape index (κ3) is 4.15. The Bertz CT molecular complexity index is 678. The minimum absolute atomic E-state index is 0.0311. The van der Waals surface area contributed by atoms with Gasteiger partial charge in [-0.1, -0.05) is 37.0 Å². The van der Waals surface area contributed by atoms with Crippen molar-refractivity contribution in [3.05, 3.63) is 33.3 Å². The number of rotatable bonds is 6. The van der Waals surface area contributed by atoms with E-state index < -0.39 is 17.9 Å². The van der Waals surface area contributed by atoms with Crippen LogP contribution >= 0.6 is 23.2 Å². The number of carbonyl (C=O) groups is 3. The molecule has 1 heterocycles. The van der Waals surface area contributed by atoms with E-state index in [4.69, 9.17) is 23.2 Å². The van der Waals surface area contributed by atoms with Gasteiger partial charge in [-0.15, -0.1) is 0 Å². The Kier molecular flexibility index (Phi) is 6.12. The summed E-state index contributed by atoms with van der Waals surface area (Å²) < 4.78 is 0. The van der Waals surface area contributed by atoms with Crippen LogP contribution in [0.3, 0.4) is 0 Å². The van der Waals surface area contributed by atoms with Gasteiger partial charge in [0.15, 0.2) is 0 Å². The summed E-state index contributed by atoms with van der Waals surface area (Å²) in [6.07, 6.45) is 1.82. The molecule has 5 nitrogen and oxygen atoms in total. The van der Waals surface area contributed by atoms with Gasteiger partial charge in [-0.3, -0.25) is 19.3 Å². The summed E-state index contributed by atoms with van der Waals surface area (Å²) in [5, 5.41) is 3.26. The normalized spacial score (nSPS) is 16.2. The van der Waals surface area contributed by atoms with Crippen LogP contribution in [0, 0.1) is 5.92 Å². The Labute approximate surface area is 157 Å². The molecule has 1 aromatic rings. The average Bonchev–Trinajstić information content (AvgIpc) is 2.76. The zero-order valence-electron chi connectivity index (χ0n) is 14.7. The first-order valence-corrected chi connectivity index (χ1v) is 9.06. The van der Waals surface area contributed by atoms with Crippen LogP contribution in [0.4, 0.5) is 0 Å². The molecule has 25 heavy (non-hydrogen) atoms. The smallest absolute Gasteiger partial charge is 0.262 e. The molecule has 1 aliphatic rings. The molecule has 136 valence electrons. The van der Waals surface area contributed by atoms with E-state index in [2.05, 4.69) is 19.2 Å². The molecule has 2 rings (SSSR count). The third-order valence-corrected chi connectivity index (χ3v) is 5.01. The molecule has 0 saturated heterocycles. The first-order chi connectivity index (χ1) is 11.6. The summed E-state index contributed by atoms with van der Waals surface area (Å²) in [5.74, 6) is -0.877. The van der Waals surface area contributed by atoms with Gasteiger partial charge in [-0.25, -0.2) is 0 Å². The number of nitrogens with one attached hydrogen (secondary N) is 1. The molecule has 1 aliphatic heterocycles. The number of imide groups is 1. The molecule has 3 amide bonds. The van der Waals surface area contributed by atoms with Crippen molar-refractivity contribution in [1.29, 1.82) is 0 Å². The third-order valence-electron chi connectivity index (χ3n) is 4.29. The molecule has 1 aromatic carbocycles. The quantitative estimate of drug-likeness (QED) is 0.755. The summed E-state index contributed by atoms with van der Waals surface area (Å²) in [6.45, 7) is 7.68. The van der Waals surface area contributed by atoms with Gasteiger partial charge in [0.1, 0.15) is 6.04 Å². The first-order valence-electron chi connectivity index (χ1n) is 8.30. The lowest BCUT2D eigenvalue weighted by Crippen LogP contribution is -2.49. The van der Waals surface area contributed by atoms with Crippen molar-refractivity contribution in [3.8, 4) is 0 Å². The molecular weight excluding hydrogens is 363 g/mol. The van der Waals surface area contributed by atoms with E-state index in [1.165, 1.54) is 19.1 Å². The molecule has 1 unspecified atom stereocenters. The lowest BCUT2D eigenvalue weighted by molar-refractivity contribution is -0.125. The molecule has 0 bridgehead atoms. The van der Waals surface area contributed by atoms with Crippen molar-refractivity contribution in [2.45, 2.75) is 52.6 Å². The molecule has 7 heteroatoms. The maximum absolute atomic E-state index is 12.5. The van der Waals surface area contributed by atoms with Gasteiger partial charge in [0.25, 0.3) is 11.8 Å². The zero-order valence-corrected chi connectivity index (χ0v) is 16.2. The van der Waals surface area contributed by atoms with Crippen molar-refractivity contribution in [1.82, 2.24) is 10.2 Å². The van der Waals surface area contributed by atoms with Crippen LogP contribution in [0.25, 0.3) is 0 Å². The molecule has 0 radical (unpaired) electrons. The zero-order chi connectivity index (χ0) is 18.9. The van der Waals surface area contributed by atoms with Crippen LogP contribution < -0.4 is 5.32 Å². The van der Waals surface area contributed by atoms with E-state index in [-0.39, 0.29) is 33.1 Å². The second-order valence-corrected chi connectivity index (χ2v) is 7.66. The topological polar surface area (TPSA) is 66.5 Å². The maximum atomic E-state index is 12.5. The second-order valence-electron chi connectivity index (χ2n) is 6.85. The van der Waals surface area contributed by atoms with Gasteiger partial charge in [0.2, 0.25) is 5.91 Å². The van der Waals surface area contributed by atoms with E-state index in [1.807, 2.05) is 6.92 Å². The Morgan fingerprint density at radius 1 is 1.00 bits per heavy atom. The van der Waals surface area contributed by atoms with E-state index in [0.29, 0.717) is 5.92 Å². The fourth-order valence-electron chi connectivity index (χ4n) is 2.74. The van der Waals surface area contributed by atoms with Gasteiger partial charge < -0.3 is 5.32 Å². The molecule has 0 spiro atoms. The van der Waals surface area contributed by atoms with Crippen LogP contribution in [0.15, 0.2) is 12.1 Å². The highest BCUT2D eigenvalue weighted by molar-refractivity contribution is 6.43. The summed E-state index contributed by atoms with van der Waals surface area (Å²) >= 11 is 11.9. The maximum Gasteiger partial charge on any atom is 0.262 e. The number of benzene rings is 1. The Hall–Kier alpha value is -1.59. The average molecular weight is 385 g/mol. The molecule has 2 atom stereocenters. The summed E-state index contributed by atoms with van der Waals surface area (Å²) in [5.41, 5.74) is 0.346. The van der Waals surface area contributed by atoms with E-state index in [0.717, 1.165) is 17.7 Å². The van der Waals surface area contributed by atoms with Gasteiger partial charge in [0, 0.05) is 6.04 Å². The fraction of sp³-hybridized carbons (Fsp3) is 0.500. The number of hydrogen-bond acceptors (Lipinski definition) is 3. The van der Waals surface area contributed by atoms with Crippen molar-refractivity contribution in [2.75, 3.05) is 0 Å². The highest BCUT2D eigenvalue weighted by Gasteiger charge is 2.41. The summed E-state index contributed by atoms with van der Waals surface area (Å²) in [7, 11) is 0. The molecule has 1 N–H and O–H groups in total. The first kappa shape index (κ1) is 19.7. The number of fused-ring (bicyclic) bond motifs is 1. The minimum atomic E-state index is -0.911. The Balaban J connectivity index is 2.12. The lowest BCUT2D eigenvalue weighted by Gasteiger charge is -2.24. The number of amides is 3. The van der Waals surface area contributed by atoms with E-state index in [9.17, 15) is 14.4 Å². The Morgan fingerprint density at radius 2 is 1.48 bits per heavy atom. The van der Waals surface area contributed by atoms with E-state index >= 15 is 0 Å². The monoisotopic (exact) mass is 384 g/mol. The number of halogens is 2. The van der Waals surface area contributed by atoms with Crippen LogP contribution in [0.5, 0.6) is 0 Å². The minimum Gasteiger partial charge on any atom is -0.352 e. The second kappa shape index (κ2) is 7.75. The van der Waals surface area contributed by atoms with E-state index in [1.54, 1.807) is 0 Å². The molecule has 0 saturated carbocycles. The largest absolute Gasteiger partial charge is 0.352 e. The van der Waals surface area contributed by atoms with Gasteiger partial charge in [0.05, 0.1) is 21.2 Å². The predicted molar refractivity (Wildman–Crippen MR) is 98.1 cm³/mol. The van der Waals surface area contributed by atoms with Crippen molar-refractivity contribution >= 4 is 40.9 Å². The fourth-order valence-corrected chi connectivity index (χ4v) is 3.07. The molecule has 0 fully saturated rings. The standard InChI is InChI=1S/C18H22Cl2N2O3/c1-9(2)5-6-10(3)21-16(23)11(4)22-17(24)12-7-14(19)15(20)8-13(12)18(22)25/h7-11H,5-6H2,1-4H3,(H,21,23)/t10?,11-/m0/s1. The van der Waals surface area contributed by atoms with Crippen LogP contribution in [-0.2, 0) is 4.79 Å². The summed E-state index contributed by atoms with van der Waals surface area (Å²) in [6, 6.07) is 1.80. The predicted octanol–water partition coefficient (Wildman–Crippen LogP) is 3.92. The van der Waals surface area contributed by atoms with Gasteiger partial charge >= 0.3 is 0 Å². The highest BCUT2D eigenvalue weighted by atomic mass is 35.5. The van der Waals surface area contributed by atoms with Crippen LogP contribution in [0.2, 0.25) is 10.0 Å². The highest BCUT2D eigenvalue weighted by Crippen LogP contribution is 2.32. The van der Waals surface area contributed by atoms with Crippen molar-refractivity contribution in [3.63, 3.8) is 0 Å². The molecule has 0 aromatic heterocycles. The summed E-state index contributed by atoms with van der Waals surface area (Å²) in [4.78, 5) is 38.5. The van der Waals surface area contributed by atoms with Gasteiger partial charge in [-0.05, 0) is 44.7 Å². The van der Waals surface area contributed by atoms with Crippen LogP contribution in [0.1, 0.15) is 61.3 Å². The Morgan fingerprint density at radius 3 is 1.92 bits per heavy atom.